The minimum Gasteiger partial charge on any atom is -0.466 e. The summed E-state index contributed by atoms with van der Waals surface area (Å²) in [6.07, 6.45) is 7.17. The molecule has 0 bridgehead atoms. The Morgan fingerprint density at radius 2 is 2.13 bits per heavy atom. The fourth-order valence-corrected chi connectivity index (χ4v) is 4.47. The zero-order chi connectivity index (χ0) is 16.5. The van der Waals surface area contributed by atoms with Crippen LogP contribution in [0.3, 0.4) is 0 Å². The molecule has 0 unspecified atom stereocenters. The van der Waals surface area contributed by atoms with Gasteiger partial charge in [-0.15, -0.1) is 0 Å². The quantitative estimate of drug-likeness (QED) is 0.636. The van der Waals surface area contributed by atoms with Gasteiger partial charge in [0.1, 0.15) is 0 Å². The first-order valence-electron chi connectivity index (χ1n) is 8.70. The predicted octanol–water partition coefficient (Wildman–Crippen LogP) is 2.57. The van der Waals surface area contributed by atoms with E-state index in [4.69, 9.17) is 14.2 Å². The Morgan fingerprint density at radius 3 is 2.83 bits per heavy atom. The second kappa shape index (κ2) is 6.54. The molecule has 1 N–H and O–H groups in total. The van der Waals surface area contributed by atoms with E-state index in [9.17, 15) is 9.90 Å². The second-order valence-electron chi connectivity index (χ2n) is 7.43. The average Bonchev–Trinajstić information content (AvgIpc) is 3.09. The van der Waals surface area contributed by atoms with Crippen molar-refractivity contribution in [2.75, 3.05) is 19.8 Å². The van der Waals surface area contributed by atoms with Crippen LogP contribution in [-0.4, -0.2) is 42.8 Å². The molecule has 2 aliphatic carbocycles. The molecule has 0 aromatic heterocycles. The summed E-state index contributed by atoms with van der Waals surface area (Å²) >= 11 is 0. The number of hydrogen-bond donors (Lipinski definition) is 1. The van der Waals surface area contributed by atoms with Crippen molar-refractivity contribution in [2.45, 2.75) is 64.3 Å². The maximum Gasteiger partial charge on any atom is 0.302 e. The molecule has 0 aromatic rings. The number of fused-ring (bicyclic) bond motifs is 1. The molecule has 0 amide bonds. The van der Waals surface area contributed by atoms with Crippen molar-refractivity contribution in [1.29, 1.82) is 0 Å². The molecule has 1 heterocycles. The van der Waals surface area contributed by atoms with Crippen molar-refractivity contribution in [3.8, 4) is 0 Å². The van der Waals surface area contributed by atoms with Gasteiger partial charge >= 0.3 is 5.97 Å². The van der Waals surface area contributed by atoms with Crippen LogP contribution in [0.15, 0.2) is 11.6 Å². The lowest BCUT2D eigenvalue weighted by Gasteiger charge is -2.47. The zero-order valence-electron chi connectivity index (χ0n) is 14.2. The molecule has 0 aromatic carbocycles. The highest BCUT2D eigenvalue weighted by Crippen LogP contribution is 2.59. The standard InChI is InChI=1S/C18H28O5/c1-13(19)23-12-15-6-8-18(20)11-14(5-7-17(15,18)2)3-4-16-21-9-10-22-16/h3,15-16,20H,4-12H2,1-2H3/b14-3-/t15-,17-,18+/m1/s1. The molecule has 3 fully saturated rings. The fraction of sp³-hybridized carbons (Fsp3) is 0.833. The summed E-state index contributed by atoms with van der Waals surface area (Å²) < 4.78 is 16.2. The summed E-state index contributed by atoms with van der Waals surface area (Å²) in [4.78, 5) is 11.1. The third-order valence-corrected chi connectivity index (χ3v) is 6.13. The van der Waals surface area contributed by atoms with E-state index in [1.807, 2.05) is 0 Å². The Hall–Kier alpha value is -0.910. The number of ether oxygens (including phenoxy) is 3. The van der Waals surface area contributed by atoms with Gasteiger partial charge in [-0.25, -0.2) is 0 Å². The molecular formula is C18H28O5. The largest absolute Gasteiger partial charge is 0.466 e. The van der Waals surface area contributed by atoms with Crippen LogP contribution in [0, 0.1) is 11.3 Å². The van der Waals surface area contributed by atoms with Gasteiger partial charge in [0, 0.05) is 24.7 Å². The van der Waals surface area contributed by atoms with Crippen LogP contribution < -0.4 is 0 Å². The zero-order valence-corrected chi connectivity index (χ0v) is 14.2. The monoisotopic (exact) mass is 324 g/mol. The number of esters is 1. The number of hydrogen-bond acceptors (Lipinski definition) is 5. The first-order chi connectivity index (χ1) is 10.9. The Balaban J connectivity index is 1.63. The van der Waals surface area contributed by atoms with E-state index in [1.165, 1.54) is 12.5 Å². The van der Waals surface area contributed by atoms with E-state index >= 15 is 0 Å². The molecule has 0 spiro atoms. The van der Waals surface area contributed by atoms with Gasteiger partial charge in [0.05, 0.1) is 25.4 Å². The minimum absolute atomic E-state index is 0.120. The van der Waals surface area contributed by atoms with Gasteiger partial charge in [-0.1, -0.05) is 18.6 Å². The first-order valence-corrected chi connectivity index (χ1v) is 8.70. The Labute approximate surface area is 138 Å². The van der Waals surface area contributed by atoms with E-state index in [-0.39, 0.29) is 23.6 Å². The lowest BCUT2D eigenvalue weighted by Crippen LogP contribution is -2.49. The molecule has 3 atom stereocenters. The van der Waals surface area contributed by atoms with Crippen molar-refractivity contribution in [3.63, 3.8) is 0 Å². The van der Waals surface area contributed by atoms with Gasteiger partial charge in [0.15, 0.2) is 6.29 Å². The molecule has 5 nitrogen and oxygen atoms in total. The predicted molar refractivity (Wildman–Crippen MR) is 84.7 cm³/mol. The Morgan fingerprint density at radius 1 is 1.39 bits per heavy atom. The van der Waals surface area contributed by atoms with E-state index < -0.39 is 5.60 Å². The van der Waals surface area contributed by atoms with Crippen LogP contribution in [0.2, 0.25) is 0 Å². The molecule has 5 heteroatoms. The van der Waals surface area contributed by atoms with Crippen molar-refractivity contribution >= 4 is 5.97 Å². The van der Waals surface area contributed by atoms with Crippen LogP contribution in [0.5, 0.6) is 0 Å². The van der Waals surface area contributed by atoms with Crippen molar-refractivity contribution < 1.29 is 24.1 Å². The molecule has 1 aliphatic heterocycles. The third kappa shape index (κ3) is 3.32. The van der Waals surface area contributed by atoms with Gasteiger partial charge in [0.25, 0.3) is 0 Å². The number of carbonyl (C=O) groups is 1. The fourth-order valence-electron chi connectivity index (χ4n) is 4.47. The van der Waals surface area contributed by atoms with Gasteiger partial charge in [-0.2, -0.15) is 0 Å². The van der Waals surface area contributed by atoms with Crippen LogP contribution in [0.25, 0.3) is 0 Å². The number of aliphatic hydroxyl groups is 1. The van der Waals surface area contributed by atoms with E-state index in [0.717, 1.165) is 32.1 Å². The molecule has 3 rings (SSSR count). The normalized spacial score (nSPS) is 39.6. The Bertz CT molecular complexity index is 482. The lowest BCUT2D eigenvalue weighted by molar-refractivity contribution is -0.146. The van der Waals surface area contributed by atoms with Gasteiger partial charge in [-0.05, 0) is 32.1 Å². The SMILES string of the molecule is CC(=O)OC[C@H]1CC[C@]2(O)C/C(=C\CC3OCCO3)CC[C@]12C. The van der Waals surface area contributed by atoms with Crippen molar-refractivity contribution in [3.05, 3.63) is 11.6 Å². The summed E-state index contributed by atoms with van der Waals surface area (Å²) in [5, 5.41) is 11.2. The van der Waals surface area contributed by atoms with Crippen LogP contribution in [-0.2, 0) is 19.0 Å². The minimum atomic E-state index is -0.681. The van der Waals surface area contributed by atoms with E-state index in [1.54, 1.807) is 0 Å². The topological polar surface area (TPSA) is 65.0 Å². The average molecular weight is 324 g/mol. The van der Waals surface area contributed by atoms with Crippen LogP contribution >= 0.6 is 0 Å². The third-order valence-electron chi connectivity index (χ3n) is 6.13. The molecule has 3 aliphatic rings. The maximum absolute atomic E-state index is 11.2. The summed E-state index contributed by atoms with van der Waals surface area (Å²) in [6, 6.07) is 0. The van der Waals surface area contributed by atoms with Gasteiger partial charge < -0.3 is 19.3 Å². The summed E-state index contributed by atoms with van der Waals surface area (Å²) in [5.74, 6) is 0.0106. The van der Waals surface area contributed by atoms with Gasteiger partial charge in [-0.3, -0.25) is 4.79 Å². The van der Waals surface area contributed by atoms with E-state index in [2.05, 4.69) is 13.0 Å². The van der Waals surface area contributed by atoms with Crippen LogP contribution in [0.4, 0.5) is 0 Å². The summed E-state index contributed by atoms with van der Waals surface area (Å²) in [6.45, 7) is 5.38. The Kier molecular flexibility index (Phi) is 4.81. The van der Waals surface area contributed by atoms with Crippen LogP contribution in [0.1, 0.15) is 52.4 Å². The molecular weight excluding hydrogens is 296 g/mol. The molecule has 1 saturated heterocycles. The second-order valence-corrected chi connectivity index (χ2v) is 7.43. The molecule has 23 heavy (non-hydrogen) atoms. The summed E-state index contributed by atoms with van der Waals surface area (Å²) in [7, 11) is 0. The van der Waals surface area contributed by atoms with Gasteiger partial charge in [0.2, 0.25) is 0 Å². The first kappa shape index (κ1) is 16.9. The van der Waals surface area contributed by atoms with Crippen molar-refractivity contribution in [1.82, 2.24) is 0 Å². The maximum atomic E-state index is 11.2. The lowest BCUT2D eigenvalue weighted by atomic mass is 9.61. The highest BCUT2D eigenvalue weighted by atomic mass is 16.7. The number of carbonyl (C=O) groups excluding carboxylic acids is 1. The smallest absolute Gasteiger partial charge is 0.302 e. The summed E-state index contributed by atoms with van der Waals surface area (Å²) in [5.41, 5.74) is 0.455. The highest BCUT2D eigenvalue weighted by molar-refractivity contribution is 5.65. The molecule has 130 valence electrons. The van der Waals surface area contributed by atoms with Crippen molar-refractivity contribution in [2.24, 2.45) is 11.3 Å². The van der Waals surface area contributed by atoms with E-state index in [0.29, 0.717) is 26.2 Å². The number of rotatable bonds is 4. The molecule has 0 radical (unpaired) electrons. The molecule has 2 saturated carbocycles. The highest BCUT2D eigenvalue weighted by Gasteiger charge is 2.58.